The molecule has 1 heterocycles. The third-order valence-corrected chi connectivity index (χ3v) is 4.42. The van der Waals surface area contributed by atoms with Gasteiger partial charge in [0.25, 0.3) is 0 Å². The molecule has 0 unspecified atom stereocenters. The first kappa shape index (κ1) is 12.4. The van der Waals surface area contributed by atoms with Crippen molar-refractivity contribution in [3.05, 3.63) is 23.8 Å². The lowest BCUT2D eigenvalue weighted by Crippen LogP contribution is -2.19. The number of hydrogen-bond acceptors (Lipinski definition) is 2. The van der Waals surface area contributed by atoms with Gasteiger partial charge < -0.3 is 10.3 Å². The zero-order chi connectivity index (χ0) is 13.8. The van der Waals surface area contributed by atoms with E-state index in [4.69, 9.17) is 5.73 Å². The van der Waals surface area contributed by atoms with Crippen LogP contribution in [0.1, 0.15) is 26.7 Å². The molecule has 0 amide bonds. The van der Waals surface area contributed by atoms with Crippen molar-refractivity contribution in [2.24, 2.45) is 11.3 Å². The summed E-state index contributed by atoms with van der Waals surface area (Å²) in [5, 5.41) is 0. The van der Waals surface area contributed by atoms with Gasteiger partial charge in [0.05, 0.1) is 5.52 Å². The molecule has 2 aromatic rings. The van der Waals surface area contributed by atoms with Crippen molar-refractivity contribution in [2.75, 3.05) is 5.73 Å². The molecule has 2 N–H and O–H groups in total. The van der Waals surface area contributed by atoms with Crippen LogP contribution in [0, 0.1) is 23.0 Å². The molecule has 1 saturated carbocycles. The van der Waals surface area contributed by atoms with Gasteiger partial charge in [-0.15, -0.1) is 0 Å². The van der Waals surface area contributed by atoms with Gasteiger partial charge in [-0.25, -0.2) is 13.8 Å². The molecule has 1 aliphatic carbocycles. The lowest BCUT2D eigenvalue weighted by atomic mass is 9.92. The molecule has 19 heavy (non-hydrogen) atoms. The monoisotopic (exact) mass is 265 g/mol. The van der Waals surface area contributed by atoms with E-state index < -0.39 is 11.6 Å². The Morgan fingerprint density at radius 3 is 2.63 bits per heavy atom. The number of halogens is 2. The second-order valence-electron chi connectivity index (χ2n) is 5.80. The number of benzene rings is 1. The van der Waals surface area contributed by atoms with E-state index in [-0.39, 0.29) is 16.9 Å². The molecule has 1 aromatic carbocycles. The molecule has 0 spiro atoms. The van der Waals surface area contributed by atoms with Gasteiger partial charge in [-0.2, -0.15) is 0 Å². The van der Waals surface area contributed by atoms with Crippen LogP contribution in [0.25, 0.3) is 11.0 Å². The van der Waals surface area contributed by atoms with E-state index in [1.54, 1.807) is 4.57 Å². The fraction of sp³-hybridized carbons (Fsp3) is 0.500. The number of nitrogens with two attached hydrogens (primary N) is 1. The predicted octanol–water partition coefficient (Wildman–Crippen LogP) is 3.33. The van der Waals surface area contributed by atoms with Gasteiger partial charge >= 0.3 is 0 Å². The smallest absolute Gasteiger partial charge is 0.201 e. The summed E-state index contributed by atoms with van der Waals surface area (Å²) in [4.78, 5) is 4.12. The van der Waals surface area contributed by atoms with E-state index in [0.29, 0.717) is 18.0 Å². The van der Waals surface area contributed by atoms with E-state index in [1.165, 1.54) is 6.07 Å². The van der Waals surface area contributed by atoms with Crippen molar-refractivity contribution in [2.45, 2.75) is 33.2 Å². The molecule has 3 nitrogen and oxygen atoms in total. The minimum atomic E-state index is -0.860. The van der Waals surface area contributed by atoms with Crippen LogP contribution < -0.4 is 5.73 Å². The fourth-order valence-electron chi connectivity index (χ4n) is 2.73. The number of imidazole rings is 1. The number of anilines is 1. The Balaban J connectivity index is 2.13. The standard InChI is InChI=1S/C14H17F2N3/c1-8(2)14(5-6-14)7-19-12-10(18-13(19)17)4-3-9(15)11(12)16/h3-4,8H,5-7H2,1-2H3,(H2,17,18). The molecule has 0 radical (unpaired) electrons. The summed E-state index contributed by atoms with van der Waals surface area (Å²) >= 11 is 0. The van der Waals surface area contributed by atoms with Gasteiger partial charge in [-0.3, -0.25) is 0 Å². The van der Waals surface area contributed by atoms with Crippen LogP contribution in [0.3, 0.4) is 0 Å². The zero-order valence-electron chi connectivity index (χ0n) is 11.1. The SMILES string of the molecule is CC(C)C1(Cn2c(N)nc3ccc(F)c(F)c32)CC1. The summed E-state index contributed by atoms with van der Waals surface area (Å²) in [6.07, 6.45) is 2.20. The molecule has 0 bridgehead atoms. The Morgan fingerprint density at radius 2 is 2.05 bits per heavy atom. The maximum atomic E-state index is 14.0. The molecule has 1 fully saturated rings. The van der Waals surface area contributed by atoms with Gasteiger partial charge in [0.1, 0.15) is 5.52 Å². The molecule has 0 aliphatic heterocycles. The summed E-state index contributed by atoms with van der Waals surface area (Å²) in [6.45, 7) is 4.91. The van der Waals surface area contributed by atoms with Crippen LogP contribution in [0.15, 0.2) is 12.1 Å². The first-order valence-electron chi connectivity index (χ1n) is 6.54. The highest BCUT2D eigenvalue weighted by Gasteiger charge is 2.46. The lowest BCUT2D eigenvalue weighted by molar-refractivity contribution is 0.313. The number of fused-ring (bicyclic) bond motifs is 1. The van der Waals surface area contributed by atoms with Gasteiger partial charge in [0.15, 0.2) is 11.6 Å². The highest BCUT2D eigenvalue weighted by Crippen LogP contribution is 2.53. The number of rotatable bonds is 3. The number of nitrogen functional groups attached to an aromatic ring is 1. The summed E-state index contributed by atoms with van der Waals surface area (Å²) in [5.41, 5.74) is 6.62. The highest BCUT2D eigenvalue weighted by atomic mass is 19.2. The molecule has 5 heteroatoms. The zero-order valence-corrected chi connectivity index (χ0v) is 11.1. The van der Waals surface area contributed by atoms with Gasteiger partial charge in [-0.05, 0) is 36.3 Å². The van der Waals surface area contributed by atoms with Crippen molar-refractivity contribution < 1.29 is 8.78 Å². The maximum absolute atomic E-state index is 14.0. The van der Waals surface area contributed by atoms with E-state index >= 15 is 0 Å². The number of hydrogen-bond donors (Lipinski definition) is 1. The van der Waals surface area contributed by atoms with Crippen molar-refractivity contribution >= 4 is 17.0 Å². The molecular weight excluding hydrogens is 248 g/mol. The predicted molar refractivity (Wildman–Crippen MR) is 70.6 cm³/mol. The topological polar surface area (TPSA) is 43.8 Å². The first-order chi connectivity index (χ1) is 8.94. The Bertz CT molecular complexity index is 642. The largest absolute Gasteiger partial charge is 0.369 e. The van der Waals surface area contributed by atoms with Crippen molar-refractivity contribution in [3.63, 3.8) is 0 Å². The molecule has 1 aromatic heterocycles. The maximum Gasteiger partial charge on any atom is 0.201 e. The normalized spacial score (nSPS) is 17.3. The Morgan fingerprint density at radius 1 is 1.37 bits per heavy atom. The van der Waals surface area contributed by atoms with E-state index in [1.807, 2.05) is 0 Å². The van der Waals surface area contributed by atoms with E-state index in [2.05, 4.69) is 18.8 Å². The van der Waals surface area contributed by atoms with Crippen molar-refractivity contribution in [3.8, 4) is 0 Å². The molecule has 1 aliphatic rings. The molecule has 0 saturated heterocycles. The molecule has 3 rings (SSSR count). The van der Waals surface area contributed by atoms with Crippen LogP contribution >= 0.6 is 0 Å². The first-order valence-corrected chi connectivity index (χ1v) is 6.54. The molecule has 102 valence electrons. The van der Waals surface area contributed by atoms with Crippen molar-refractivity contribution in [1.29, 1.82) is 0 Å². The quantitative estimate of drug-likeness (QED) is 0.925. The second kappa shape index (κ2) is 3.92. The summed E-state index contributed by atoms with van der Waals surface area (Å²) in [6, 6.07) is 2.55. The third kappa shape index (κ3) is 1.79. The number of aromatic nitrogens is 2. The van der Waals surface area contributed by atoms with Crippen LogP contribution in [0.4, 0.5) is 14.7 Å². The lowest BCUT2D eigenvalue weighted by Gasteiger charge is -2.21. The Kier molecular flexibility index (Phi) is 2.56. The Hall–Kier alpha value is -1.65. The average Bonchev–Trinajstić information content (AvgIpc) is 3.06. The average molecular weight is 265 g/mol. The van der Waals surface area contributed by atoms with Gasteiger partial charge in [-0.1, -0.05) is 13.8 Å². The summed E-state index contributed by atoms with van der Waals surface area (Å²) < 4.78 is 29.0. The van der Waals surface area contributed by atoms with E-state index in [0.717, 1.165) is 18.9 Å². The fourth-order valence-corrected chi connectivity index (χ4v) is 2.73. The highest BCUT2D eigenvalue weighted by molar-refractivity contribution is 5.79. The second-order valence-corrected chi connectivity index (χ2v) is 5.80. The van der Waals surface area contributed by atoms with Crippen LogP contribution in [0.2, 0.25) is 0 Å². The van der Waals surface area contributed by atoms with Crippen LogP contribution in [-0.2, 0) is 6.54 Å². The van der Waals surface area contributed by atoms with Crippen LogP contribution in [0.5, 0.6) is 0 Å². The van der Waals surface area contributed by atoms with Crippen LogP contribution in [-0.4, -0.2) is 9.55 Å². The minimum absolute atomic E-state index is 0.153. The van der Waals surface area contributed by atoms with E-state index in [9.17, 15) is 8.78 Å². The molecular formula is C14H17F2N3. The van der Waals surface area contributed by atoms with Gasteiger partial charge in [0.2, 0.25) is 5.95 Å². The molecule has 0 atom stereocenters. The summed E-state index contributed by atoms with van der Waals surface area (Å²) in [7, 11) is 0. The summed E-state index contributed by atoms with van der Waals surface area (Å²) in [5.74, 6) is -0.975. The Labute approximate surface area is 110 Å². The van der Waals surface area contributed by atoms with Gasteiger partial charge in [0, 0.05) is 6.54 Å². The minimum Gasteiger partial charge on any atom is -0.369 e. The number of nitrogens with zero attached hydrogens (tertiary/aromatic N) is 2. The third-order valence-electron chi connectivity index (χ3n) is 4.42. The van der Waals surface area contributed by atoms with Crippen molar-refractivity contribution in [1.82, 2.24) is 9.55 Å².